The van der Waals surface area contributed by atoms with Gasteiger partial charge in [-0.3, -0.25) is 0 Å². The molecule has 17 heavy (non-hydrogen) atoms. The van der Waals surface area contributed by atoms with Crippen molar-refractivity contribution in [1.82, 2.24) is 0 Å². The van der Waals surface area contributed by atoms with Crippen molar-refractivity contribution in [1.29, 1.82) is 0 Å². The highest BCUT2D eigenvalue weighted by Crippen LogP contribution is 2.11. The first-order valence-electron chi connectivity index (χ1n) is 6.27. The summed E-state index contributed by atoms with van der Waals surface area (Å²) >= 11 is 0. The molecule has 1 atom stereocenters. The van der Waals surface area contributed by atoms with Crippen LogP contribution in [0.1, 0.15) is 40.0 Å². The standard InChI is InChI=1S/C10H16O.C6H12/c1-4-6-10(5-2)7-9(3)8-11;1-4-6(3)5-2/h4-6,9,11H,1-2,7-8H2,3H3;3-5H2,1-2H3/b10-6+;. The van der Waals surface area contributed by atoms with E-state index in [0.29, 0.717) is 5.92 Å². The lowest BCUT2D eigenvalue weighted by Gasteiger charge is -2.06. The van der Waals surface area contributed by atoms with E-state index < -0.39 is 0 Å². The molecule has 0 bridgehead atoms. The van der Waals surface area contributed by atoms with E-state index in [2.05, 4.69) is 33.6 Å². The van der Waals surface area contributed by atoms with Crippen molar-refractivity contribution in [2.45, 2.75) is 40.0 Å². The summed E-state index contributed by atoms with van der Waals surface area (Å²) < 4.78 is 0. The molecule has 0 aliphatic heterocycles. The molecule has 0 amide bonds. The van der Waals surface area contributed by atoms with Crippen molar-refractivity contribution < 1.29 is 5.11 Å². The largest absolute Gasteiger partial charge is 0.396 e. The van der Waals surface area contributed by atoms with E-state index in [1.54, 1.807) is 12.2 Å². The maximum absolute atomic E-state index is 8.76. The predicted octanol–water partition coefficient (Wildman–Crippen LogP) is 4.67. The number of aliphatic hydroxyl groups excluding tert-OH is 1. The van der Waals surface area contributed by atoms with Gasteiger partial charge in [0.15, 0.2) is 0 Å². The summed E-state index contributed by atoms with van der Waals surface area (Å²) in [5.41, 5.74) is 2.47. The Hall–Kier alpha value is -1.08. The molecular formula is C16H28O. The quantitative estimate of drug-likeness (QED) is 0.503. The predicted molar refractivity (Wildman–Crippen MR) is 79.1 cm³/mol. The molecule has 1 nitrogen and oxygen atoms in total. The van der Waals surface area contributed by atoms with Crippen molar-refractivity contribution in [3.8, 4) is 0 Å². The summed E-state index contributed by atoms with van der Waals surface area (Å²) in [6.45, 7) is 17.5. The van der Waals surface area contributed by atoms with Gasteiger partial charge in [-0.1, -0.05) is 64.3 Å². The number of aliphatic hydroxyl groups is 1. The van der Waals surface area contributed by atoms with Crippen LogP contribution >= 0.6 is 0 Å². The summed E-state index contributed by atoms with van der Waals surface area (Å²) in [7, 11) is 0. The monoisotopic (exact) mass is 236 g/mol. The van der Waals surface area contributed by atoms with Gasteiger partial charge >= 0.3 is 0 Å². The van der Waals surface area contributed by atoms with Crippen LogP contribution in [0.3, 0.4) is 0 Å². The Balaban J connectivity index is 0. The Kier molecular flexibility index (Phi) is 14.0. The third-order valence-corrected chi connectivity index (χ3v) is 2.49. The first-order valence-corrected chi connectivity index (χ1v) is 6.27. The molecule has 0 aromatic carbocycles. The molecule has 0 fully saturated rings. The second-order valence-corrected chi connectivity index (χ2v) is 4.13. The van der Waals surface area contributed by atoms with Gasteiger partial charge in [0.1, 0.15) is 0 Å². The number of allylic oxidation sites excluding steroid dienone is 5. The molecule has 0 aromatic rings. The van der Waals surface area contributed by atoms with Crippen LogP contribution in [0.5, 0.6) is 0 Å². The van der Waals surface area contributed by atoms with Crippen LogP contribution in [0.4, 0.5) is 0 Å². The Bertz CT molecular complexity index is 242. The summed E-state index contributed by atoms with van der Waals surface area (Å²) in [6.07, 6.45) is 8.59. The lowest BCUT2D eigenvalue weighted by Crippen LogP contribution is -2.00. The molecule has 0 radical (unpaired) electrons. The highest BCUT2D eigenvalue weighted by atomic mass is 16.3. The smallest absolute Gasteiger partial charge is 0.0459 e. The minimum absolute atomic E-state index is 0.225. The minimum Gasteiger partial charge on any atom is -0.396 e. The Labute approximate surface area is 107 Å². The molecular weight excluding hydrogens is 208 g/mol. The molecule has 0 saturated heterocycles. The molecule has 1 N–H and O–H groups in total. The van der Waals surface area contributed by atoms with E-state index in [-0.39, 0.29) is 6.61 Å². The molecule has 0 rings (SSSR count). The van der Waals surface area contributed by atoms with Crippen molar-refractivity contribution in [2.24, 2.45) is 5.92 Å². The van der Waals surface area contributed by atoms with Crippen molar-refractivity contribution >= 4 is 0 Å². The van der Waals surface area contributed by atoms with Gasteiger partial charge in [-0.2, -0.15) is 0 Å². The zero-order valence-corrected chi connectivity index (χ0v) is 11.7. The average molecular weight is 236 g/mol. The number of hydrogen-bond acceptors (Lipinski definition) is 1. The topological polar surface area (TPSA) is 20.2 Å². The van der Waals surface area contributed by atoms with E-state index in [1.807, 2.05) is 13.0 Å². The van der Waals surface area contributed by atoms with Gasteiger partial charge in [-0.25, -0.2) is 0 Å². The van der Waals surface area contributed by atoms with Crippen LogP contribution < -0.4 is 0 Å². The van der Waals surface area contributed by atoms with Crippen molar-refractivity contribution in [3.63, 3.8) is 0 Å². The lowest BCUT2D eigenvalue weighted by atomic mass is 10.0. The van der Waals surface area contributed by atoms with Crippen LogP contribution in [-0.4, -0.2) is 11.7 Å². The van der Waals surface area contributed by atoms with Gasteiger partial charge in [-0.05, 0) is 30.8 Å². The fourth-order valence-electron chi connectivity index (χ4n) is 1.09. The van der Waals surface area contributed by atoms with E-state index >= 15 is 0 Å². The maximum atomic E-state index is 8.76. The normalized spacial score (nSPS) is 12.1. The summed E-state index contributed by atoms with van der Waals surface area (Å²) in [5, 5.41) is 8.76. The Morgan fingerprint density at radius 2 is 1.76 bits per heavy atom. The molecule has 1 heteroatoms. The van der Waals surface area contributed by atoms with Gasteiger partial charge in [0.2, 0.25) is 0 Å². The zero-order chi connectivity index (χ0) is 13.7. The van der Waals surface area contributed by atoms with Crippen LogP contribution in [0.2, 0.25) is 0 Å². The van der Waals surface area contributed by atoms with Crippen molar-refractivity contribution in [2.75, 3.05) is 6.61 Å². The SMILES string of the molecule is C=C(CC)CC.C=C/C=C(\C=C)CC(C)CO. The fourth-order valence-corrected chi connectivity index (χ4v) is 1.09. The highest BCUT2D eigenvalue weighted by molar-refractivity contribution is 5.21. The number of rotatable bonds is 7. The Morgan fingerprint density at radius 3 is 2.00 bits per heavy atom. The first kappa shape index (κ1) is 18.3. The van der Waals surface area contributed by atoms with Crippen LogP contribution in [-0.2, 0) is 0 Å². The maximum Gasteiger partial charge on any atom is 0.0459 e. The zero-order valence-electron chi connectivity index (χ0n) is 11.7. The molecule has 0 saturated carbocycles. The number of hydrogen-bond donors (Lipinski definition) is 1. The summed E-state index contributed by atoms with van der Waals surface area (Å²) in [6, 6.07) is 0. The first-order chi connectivity index (χ1) is 8.05. The molecule has 0 aromatic heterocycles. The molecule has 1 unspecified atom stereocenters. The van der Waals surface area contributed by atoms with Crippen LogP contribution in [0, 0.1) is 5.92 Å². The van der Waals surface area contributed by atoms with Gasteiger partial charge in [0, 0.05) is 6.61 Å². The third kappa shape index (κ3) is 12.9. The molecule has 0 spiro atoms. The van der Waals surface area contributed by atoms with E-state index in [9.17, 15) is 0 Å². The summed E-state index contributed by atoms with van der Waals surface area (Å²) in [4.78, 5) is 0. The van der Waals surface area contributed by atoms with Crippen LogP contribution in [0.25, 0.3) is 0 Å². The van der Waals surface area contributed by atoms with Crippen LogP contribution in [0.15, 0.2) is 49.1 Å². The van der Waals surface area contributed by atoms with Gasteiger partial charge in [-0.15, -0.1) is 0 Å². The van der Waals surface area contributed by atoms with E-state index in [4.69, 9.17) is 5.11 Å². The second kappa shape index (κ2) is 13.0. The molecule has 98 valence electrons. The van der Waals surface area contributed by atoms with Gasteiger partial charge in [0.25, 0.3) is 0 Å². The highest BCUT2D eigenvalue weighted by Gasteiger charge is 2.00. The fraction of sp³-hybridized carbons (Fsp3) is 0.500. The van der Waals surface area contributed by atoms with Crippen molar-refractivity contribution in [3.05, 3.63) is 49.1 Å². The lowest BCUT2D eigenvalue weighted by molar-refractivity contribution is 0.237. The Morgan fingerprint density at radius 1 is 1.24 bits per heavy atom. The molecule has 0 aliphatic carbocycles. The average Bonchev–Trinajstić information content (AvgIpc) is 2.37. The van der Waals surface area contributed by atoms with E-state index in [1.165, 1.54) is 5.57 Å². The molecule has 0 heterocycles. The van der Waals surface area contributed by atoms with E-state index in [0.717, 1.165) is 24.8 Å². The minimum atomic E-state index is 0.225. The van der Waals surface area contributed by atoms with Gasteiger partial charge in [0.05, 0.1) is 0 Å². The molecule has 0 aliphatic rings. The van der Waals surface area contributed by atoms with Gasteiger partial charge < -0.3 is 5.11 Å². The summed E-state index contributed by atoms with van der Waals surface area (Å²) in [5.74, 6) is 0.305. The third-order valence-electron chi connectivity index (χ3n) is 2.49. The second-order valence-electron chi connectivity index (χ2n) is 4.13.